The largest absolute Gasteiger partial charge is 0.357 e. The van der Waals surface area contributed by atoms with Gasteiger partial charge in [0.15, 0.2) is 0 Å². The van der Waals surface area contributed by atoms with Crippen LogP contribution in [0.4, 0.5) is 0 Å². The predicted molar refractivity (Wildman–Crippen MR) is 66.9 cm³/mol. The maximum atomic E-state index is 11.7. The van der Waals surface area contributed by atoms with Crippen molar-refractivity contribution in [2.24, 2.45) is 5.73 Å². The van der Waals surface area contributed by atoms with Crippen molar-refractivity contribution in [1.82, 2.24) is 15.2 Å². The van der Waals surface area contributed by atoms with Gasteiger partial charge in [0.2, 0.25) is 5.91 Å². The molecule has 0 radical (unpaired) electrons. The van der Waals surface area contributed by atoms with Gasteiger partial charge in [0.1, 0.15) is 5.69 Å². The van der Waals surface area contributed by atoms with Crippen LogP contribution < -0.4 is 11.1 Å². The van der Waals surface area contributed by atoms with Crippen LogP contribution in [0.3, 0.4) is 0 Å². The molecule has 0 spiro atoms. The van der Waals surface area contributed by atoms with Crippen LogP contribution in [0.2, 0.25) is 0 Å². The Hall–Kier alpha value is -1.66. The Kier molecular flexibility index (Phi) is 4.11. The number of hydrogen-bond acceptors (Lipinski definition) is 4. The van der Waals surface area contributed by atoms with Crippen molar-refractivity contribution in [3.05, 3.63) is 24.0 Å². The minimum absolute atomic E-state index is 0.130. The summed E-state index contributed by atoms with van der Waals surface area (Å²) in [4.78, 5) is 28.0. The summed E-state index contributed by atoms with van der Waals surface area (Å²) < 4.78 is 0. The molecule has 18 heavy (non-hydrogen) atoms. The van der Waals surface area contributed by atoms with Crippen LogP contribution in [0.1, 0.15) is 23.3 Å². The van der Waals surface area contributed by atoms with E-state index >= 15 is 0 Å². The summed E-state index contributed by atoms with van der Waals surface area (Å²) >= 11 is 0. The van der Waals surface area contributed by atoms with E-state index in [9.17, 15) is 9.59 Å². The first-order valence-electron chi connectivity index (χ1n) is 6.10. The van der Waals surface area contributed by atoms with Gasteiger partial charge < -0.3 is 10.7 Å². The van der Waals surface area contributed by atoms with Crippen molar-refractivity contribution < 1.29 is 9.59 Å². The molecule has 0 aliphatic carbocycles. The van der Waals surface area contributed by atoms with Gasteiger partial charge in [0, 0.05) is 18.8 Å². The number of nitrogens with two attached hydrogens (primary N) is 1. The van der Waals surface area contributed by atoms with E-state index in [1.165, 1.54) is 0 Å². The third-order valence-corrected chi connectivity index (χ3v) is 3.00. The van der Waals surface area contributed by atoms with E-state index in [0.717, 1.165) is 19.4 Å². The number of likely N-dealkylation sites (tertiary alicyclic amines) is 1. The van der Waals surface area contributed by atoms with Gasteiger partial charge in [-0.1, -0.05) is 0 Å². The van der Waals surface area contributed by atoms with Crippen molar-refractivity contribution >= 4 is 11.8 Å². The number of nitrogens with one attached hydrogen (secondary N) is 2. The normalized spacial score (nSPS) is 20.6. The molecule has 4 N–H and O–H groups in total. The highest BCUT2D eigenvalue weighted by Gasteiger charge is 2.20. The van der Waals surface area contributed by atoms with E-state index in [-0.39, 0.29) is 18.5 Å². The van der Waals surface area contributed by atoms with E-state index in [4.69, 9.17) is 5.73 Å². The average molecular weight is 250 g/mol. The summed E-state index contributed by atoms with van der Waals surface area (Å²) in [6, 6.07) is 3.47. The monoisotopic (exact) mass is 250 g/mol. The summed E-state index contributed by atoms with van der Waals surface area (Å²) in [5, 5.41) is 2.35. The molecule has 1 saturated heterocycles. The lowest BCUT2D eigenvalue weighted by molar-refractivity contribution is -0.121. The topological polar surface area (TPSA) is 91.2 Å². The molecule has 2 rings (SSSR count). The number of carbonyl (C=O) groups excluding carboxylic acids is 2. The molecule has 1 aliphatic heterocycles. The Morgan fingerprint density at radius 2 is 2.39 bits per heavy atom. The van der Waals surface area contributed by atoms with E-state index in [0.29, 0.717) is 12.2 Å². The van der Waals surface area contributed by atoms with Gasteiger partial charge in [-0.2, -0.15) is 0 Å². The Morgan fingerprint density at radius 3 is 3.06 bits per heavy atom. The molecule has 0 saturated carbocycles. The molecule has 6 heteroatoms. The maximum Gasteiger partial charge on any atom is 0.274 e. The molecule has 1 aromatic heterocycles. The van der Waals surface area contributed by atoms with Crippen molar-refractivity contribution in [2.75, 3.05) is 19.6 Å². The highest BCUT2D eigenvalue weighted by molar-refractivity contribution is 6.04. The van der Waals surface area contributed by atoms with Gasteiger partial charge in [-0.05, 0) is 31.5 Å². The smallest absolute Gasteiger partial charge is 0.274 e. The Balaban J connectivity index is 1.80. The minimum Gasteiger partial charge on any atom is -0.357 e. The molecule has 0 bridgehead atoms. The molecular formula is C12H18N4O2. The number of imide groups is 1. The summed E-state index contributed by atoms with van der Waals surface area (Å²) in [5.41, 5.74) is 6.22. The zero-order chi connectivity index (χ0) is 13.0. The molecule has 2 heterocycles. The van der Waals surface area contributed by atoms with Gasteiger partial charge in [-0.3, -0.25) is 19.8 Å². The first kappa shape index (κ1) is 12.8. The van der Waals surface area contributed by atoms with E-state index in [2.05, 4.69) is 10.3 Å². The first-order valence-corrected chi connectivity index (χ1v) is 6.10. The highest BCUT2D eigenvalue weighted by atomic mass is 16.2. The number of aromatic amines is 1. The van der Waals surface area contributed by atoms with Crippen LogP contribution in [0.15, 0.2) is 18.3 Å². The third kappa shape index (κ3) is 3.41. The predicted octanol–water partition coefficient (Wildman–Crippen LogP) is -0.306. The van der Waals surface area contributed by atoms with Crippen LogP contribution in [0.5, 0.6) is 0 Å². The molecule has 1 fully saturated rings. The molecule has 1 atom stereocenters. The highest BCUT2D eigenvalue weighted by Crippen LogP contribution is 2.07. The third-order valence-electron chi connectivity index (χ3n) is 3.00. The average Bonchev–Trinajstić information content (AvgIpc) is 2.81. The molecule has 0 aromatic carbocycles. The standard InChI is InChI=1S/C12H18N4O2/c13-9-3-2-6-16(7-9)8-11(17)15-12(18)10-4-1-5-14-10/h1,4-5,9,14H,2-3,6-8,13H2,(H,15,17,18). The van der Waals surface area contributed by atoms with E-state index in [1.54, 1.807) is 18.3 Å². The zero-order valence-corrected chi connectivity index (χ0v) is 10.2. The second-order valence-corrected chi connectivity index (χ2v) is 4.60. The fraction of sp³-hybridized carbons (Fsp3) is 0.500. The van der Waals surface area contributed by atoms with Crippen LogP contribution in [-0.2, 0) is 4.79 Å². The quantitative estimate of drug-likeness (QED) is 0.686. The van der Waals surface area contributed by atoms with Crippen LogP contribution in [-0.4, -0.2) is 47.4 Å². The zero-order valence-electron chi connectivity index (χ0n) is 10.2. The number of piperidine rings is 1. The Labute approximate surface area is 106 Å². The summed E-state index contributed by atoms with van der Waals surface area (Å²) in [7, 11) is 0. The molecule has 2 amide bonds. The van der Waals surface area contributed by atoms with Crippen molar-refractivity contribution in [2.45, 2.75) is 18.9 Å². The number of nitrogens with zero attached hydrogens (tertiary/aromatic N) is 1. The number of hydrogen-bond donors (Lipinski definition) is 3. The molecular weight excluding hydrogens is 232 g/mol. The van der Waals surface area contributed by atoms with Gasteiger partial charge in [0.05, 0.1) is 6.54 Å². The molecule has 1 aliphatic rings. The lowest BCUT2D eigenvalue weighted by atomic mass is 10.1. The molecule has 6 nitrogen and oxygen atoms in total. The number of amides is 2. The lowest BCUT2D eigenvalue weighted by Crippen LogP contribution is -2.47. The summed E-state index contributed by atoms with van der Waals surface area (Å²) in [5.74, 6) is -0.685. The molecule has 1 unspecified atom stereocenters. The van der Waals surface area contributed by atoms with E-state index in [1.807, 2.05) is 4.90 Å². The number of H-pyrrole nitrogens is 1. The second kappa shape index (κ2) is 5.79. The van der Waals surface area contributed by atoms with Gasteiger partial charge in [-0.15, -0.1) is 0 Å². The van der Waals surface area contributed by atoms with Crippen LogP contribution in [0, 0.1) is 0 Å². The Morgan fingerprint density at radius 1 is 1.56 bits per heavy atom. The Bertz CT molecular complexity index is 416. The van der Waals surface area contributed by atoms with Crippen molar-refractivity contribution in [1.29, 1.82) is 0 Å². The van der Waals surface area contributed by atoms with E-state index < -0.39 is 5.91 Å². The summed E-state index contributed by atoms with van der Waals surface area (Å²) in [6.45, 7) is 1.79. The first-order chi connectivity index (χ1) is 8.65. The van der Waals surface area contributed by atoms with Crippen molar-refractivity contribution in [3.8, 4) is 0 Å². The maximum absolute atomic E-state index is 11.7. The molecule has 98 valence electrons. The van der Waals surface area contributed by atoms with Crippen molar-refractivity contribution in [3.63, 3.8) is 0 Å². The number of carbonyl (C=O) groups is 2. The summed E-state index contributed by atoms with van der Waals surface area (Å²) in [6.07, 6.45) is 3.64. The fourth-order valence-electron chi connectivity index (χ4n) is 2.14. The second-order valence-electron chi connectivity index (χ2n) is 4.60. The van der Waals surface area contributed by atoms with Crippen LogP contribution in [0.25, 0.3) is 0 Å². The number of aromatic nitrogens is 1. The van der Waals surface area contributed by atoms with Gasteiger partial charge >= 0.3 is 0 Å². The fourth-order valence-corrected chi connectivity index (χ4v) is 2.14. The minimum atomic E-state index is -0.397. The van der Waals surface area contributed by atoms with Crippen LogP contribution >= 0.6 is 0 Å². The molecule has 1 aromatic rings. The number of rotatable bonds is 3. The SMILES string of the molecule is NC1CCCN(CC(=O)NC(=O)c2ccc[nH]2)C1. The van der Waals surface area contributed by atoms with Gasteiger partial charge in [-0.25, -0.2) is 0 Å². The lowest BCUT2D eigenvalue weighted by Gasteiger charge is -2.29. The van der Waals surface area contributed by atoms with Gasteiger partial charge in [0.25, 0.3) is 5.91 Å².